The fourth-order valence-corrected chi connectivity index (χ4v) is 4.60. The van der Waals surface area contributed by atoms with Gasteiger partial charge >= 0.3 is 6.03 Å². The quantitative estimate of drug-likeness (QED) is 0.350. The molecule has 13 nitrogen and oxygen atoms in total. The zero-order valence-electron chi connectivity index (χ0n) is 21.7. The first kappa shape index (κ1) is 24.4. The van der Waals surface area contributed by atoms with Gasteiger partial charge in [0.2, 0.25) is 0 Å². The number of hydrogen-bond donors (Lipinski definition) is 2. The van der Waals surface area contributed by atoms with E-state index in [0.29, 0.717) is 66.1 Å². The second-order valence-electron chi connectivity index (χ2n) is 9.05. The molecule has 6 rings (SSSR count). The molecule has 0 atom stereocenters. The van der Waals surface area contributed by atoms with Crippen molar-refractivity contribution in [1.82, 2.24) is 34.4 Å². The summed E-state index contributed by atoms with van der Waals surface area (Å²) in [4.78, 5) is 28.8. The lowest BCUT2D eigenvalue weighted by molar-refractivity contribution is 0.123. The number of hydrogen-bond acceptors (Lipinski definition) is 10. The van der Waals surface area contributed by atoms with Crippen LogP contribution in [0.2, 0.25) is 0 Å². The predicted molar refractivity (Wildman–Crippen MR) is 144 cm³/mol. The van der Waals surface area contributed by atoms with Gasteiger partial charge in [-0.15, -0.1) is 0 Å². The van der Waals surface area contributed by atoms with Crippen molar-refractivity contribution >= 4 is 40.0 Å². The summed E-state index contributed by atoms with van der Waals surface area (Å²) in [5, 5.41) is 10.5. The van der Waals surface area contributed by atoms with Crippen LogP contribution in [0.5, 0.6) is 11.5 Å². The van der Waals surface area contributed by atoms with Crippen molar-refractivity contribution in [1.29, 1.82) is 0 Å². The number of anilines is 3. The highest BCUT2D eigenvalue weighted by Gasteiger charge is 2.20. The summed E-state index contributed by atoms with van der Waals surface area (Å²) in [6.07, 6.45) is 4.84. The zero-order chi connectivity index (χ0) is 26.9. The Morgan fingerprint density at radius 3 is 2.87 bits per heavy atom. The number of amides is 1. The average molecular weight is 530 g/mol. The molecule has 4 bridgehead atoms. The van der Waals surface area contributed by atoms with Gasteiger partial charge in [-0.3, -0.25) is 0 Å². The number of nitrogens with one attached hydrogen (secondary N) is 2. The summed E-state index contributed by atoms with van der Waals surface area (Å²) in [6, 6.07) is 9.23. The van der Waals surface area contributed by atoms with Crippen LogP contribution in [0.3, 0.4) is 0 Å². The first-order valence-corrected chi connectivity index (χ1v) is 12.3. The molecule has 4 aromatic heterocycles. The van der Waals surface area contributed by atoms with Gasteiger partial charge in [-0.25, -0.2) is 28.8 Å². The molecule has 5 aromatic rings. The first-order chi connectivity index (χ1) is 19.0. The molecular formula is C26H27N9O4. The molecule has 1 amide bonds. The zero-order valence-corrected chi connectivity index (χ0v) is 21.7. The van der Waals surface area contributed by atoms with E-state index in [9.17, 15) is 4.79 Å². The number of ether oxygens (including phenoxy) is 3. The number of rotatable bonds is 5. The second kappa shape index (κ2) is 10.1. The highest BCUT2D eigenvalue weighted by molar-refractivity contribution is 5.95. The maximum absolute atomic E-state index is 13.0. The fourth-order valence-electron chi connectivity index (χ4n) is 4.60. The smallest absolute Gasteiger partial charge is 0.328 e. The summed E-state index contributed by atoms with van der Waals surface area (Å²) in [5.41, 5.74) is 4.96. The molecule has 0 spiro atoms. The molecule has 1 aliphatic rings. The number of methoxy groups -OCH3 is 2. The number of nitrogens with zero attached hydrogens (tertiary/aromatic N) is 7. The highest BCUT2D eigenvalue weighted by Crippen LogP contribution is 2.32. The molecule has 0 radical (unpaired) electrons. The lowest BCUT2D eigenvalue weighted by atomic mass is 10.1. The lowest BCUT2D eigenvalue weighted by Gasteiger charge is -2.22. The Bertz CT molecular complexity index is 1680. The van der Waals surface area contributed by atoms with E-state index in [-0.39, 0.29) is 6.03 Å². The van der Waals surface area contributed by atoms with Crippen LogP contribution in [0.25, 0.3) is 16.8 Å². The average Bonchev–Trinajstić information content (AvgIpc) is 3.59. The molecule has 1 aliphatic heterocycles. The van der Waals surface area contributed by atoms with Crippen LogP contribution in [0.15, 0.2) is 49.2 Å². The maximum atomic E-state index is 13.0. The summed E-state index contributed by atoms with van der Waals surface area (Å²) in [6.45, 7) is 1.53. The molecule has 0 saturated carbocycles. The summed E-state index contributed by atoms with van der Waals surface area (Å²) >= 11 is 0. The maximum Gasteiger partial charge on any atom is 0.328 e. The molecule has 0 aliphatic carbocycles. The van der Waals surface area contributed by atoms with Gasteiger partial charge in [-0.05, 0) is 23.8 Å². The van der Waals surface area contributed by atoms with Gasteiger partial charge in [-0.1, -0.05) is 0 Å². The monoisotopic (exact) mass is 529 g/mol. The van der Waals surface area contributed by atoms with Gasteiger partial charge in [-0.2, -0.15) is 5.10 Å². The van der Waals surface area contributed by atoms with Crippen molar-refractivity contribution in [2.75, 3.05) is 44.6 Å². The molecule has 39 heavy (non-hydrogen) atoms. The van der Waals surface area contributed by atoms with Gasteiger partial charge in [0.1, 0.15) is 35.5 Å². The number of aromatic nitrogens is 6. The van der Waals surface area contributed by atoms with Crippen molar-refractivity contribution in [3.63, 3.8) is 0 Å². The van der Waals surface area contributed by atoms with Crippen LogP contribution in [0.1, 0.15) is 11.1 Å². The Kier molecular flexibility index (Phi) is 6.32. The van der Waals surface area contributed by atoms with Crippen LogP contribution in [0.4, 0.5) is 22.0 Å². The molecule has 2 N–H and O–H groups in total. The number of carbonyl (C=O) groups excluding carboxylic acids is 1. The number of imidazole rings is 1. The number of fused-ring (bicyclic) bond motifs is 5. The van der Waals surface area contributed by atoms with E-state index in [1.807, 2.05) is 48.5 Å². The third-order valence-corrected chi connectivity index (χ3v) is 6.50. The molecule has 0 fully saturated rings. The molecular weight excluding hydrogens is 502 g/mol. The Morgan fingerprint density at radius 1 is 1.13 bits per heavy atom. The van der Waals surface area contributed by atoms with E-state index >= 15 is 0 Å². The van der Waals surface area contributed by atoms with Gasteiger partial charge < -0.3 is 29.7 Å². The van der Waals surface area contributed by atoms with Crippen molar-refractivity contribution < 1.29 is 19.0 Å². The van der Waals surface area contributed by atoms with Gasteiger partial charge in [0.15, 0.2) is 11.3 Å². The van der Waals surface area contributed by atoms with Crippen molar-refractivity contribution in [3.8, 4) is 11.5 Å². The standard InChI is InChI=1S/C26H27N9O4/c1-33(12-17-4-5-18(37-2)9-21(17)38-3)20-10-22-31-19-8-16(11-35-24(19)28-14-30-35)13-39-7-6-27-26(36)34-15-29-23(20)25(34)32-22/h4-5,8-11,14-15H,6-7,12-13H2,1-3H3,(H,27,36)(H,31,32). The Balaban J connectivity index is 1.46. The molecule has 200 valence electrons. The topological polar surface area (TPSA) is 133 Å². The highest BCUT2D eigenvalue weighted by atomic mass is 16.5. The van der Waals surface area contributed by atoms with E-state index in [4.69, 9.17) is 19.2 Å². The van der Waals surface area contributed by atoms with E-state index in [0.717, 1.165) is 16.8 Å². The van der Waals surface area contributed by atoms with Crippen molar-refractivity contribution in [3.05, 3.63) is 60.3 Å². The van der Waals surface area contributed by atoms with Gasteiger partial charge in [0.25, 0.3) is 0 Å². The number of benzene rings is 1. The lowest BCUT2D eigenvalue weighted by Crippen LogP contribution is -2.31. The largest absolute Gasteiger partial charge is 0.497 e. The minimum absolute atomic E-state index is 0.332. The Hall–Kier alpha value is -4.91. The summed E-state index contributed by atoms with van der Waals surface area (Å²) in [7, 11) is 5.20. The van der Waals surface area contributed by atoms with Crippen LogP contribution in [-0.4, -0.2) is 69.6 Å². The fraction of sp³-hybridized carbons (Fsp3) is 0.269. The van der Waals surface area contributed by atoms with Gasteiger partial charge in [0.05, 0.1) is 38.8 Å². The first-order valence-electron chi connectivity index (χ1n) is 12.3. The molecule has 5 heterocycles. The Labute approximate surface area is 223 Å². The van der Waals surface area contributed by atoms with Crippen LogP contribution >= 0.6 is 0 Å². The molecule has 13 heteroatoms. The SMILES string of the molecule is COc1ccc(CN(C)c2cc3nc4c2ncn4C(=O)NCCOCc2cc(c4ncnn4c2)N3)c(OC)c1. The van der Waals surface area contributed by atoms with E-state index in [1.165, 1.54) is 17.2 Å². The second-order valence-corrected chi connectivity index (χ2v) is 9.05. The van der Waals surface area contributed by atoms with Crippen LogP contribution < -0.4 is 25.0 Å². The van der Waals surface area contributed by atoms with Crippen LogP contribution in [0, 0.1) is 0 Å². The van der Waals surface area contributed by atoms with Gasteiger partial charge in [0, 0.05) is 44.0 Å². The molecule has 0 saturated heterocycles. The minimum Gasteiger partial charge on any atom is -0.497 e. The summed E-state index contributed by atoms with van der Waals surface area (Å²) in [5.74, 6) is 1.93. The number of pyridine rings is 2. The predicted octanol–water partition coefficient (Wildman–Crippen LogP) is 2.96. The minimum atomic E-state index is -0.341. The van der Waals surface area contributed by atoms with E-state index in [1.54, 1.807) is 18.7 Å². The normalized spacial score (nSPS) is 13.7. The third kappa shape index (κ3) is 4.63. The third-order valence-electron chi connectivity index (χ3n) is 6.50. The van der Waals surface area contributed by atoms with Crippen molar-refractivity contribution in [2.45, 2.75) is 13.2 Å². The molecule has 1 aromatic carbocycles. The van der Waals surface area contributed by atoms with Crippen molar-refractivity contribution in [2.24, 2.45) is 0 Å². The Morgan fingerprint density at radius 2 is 2.03 bits per heavy atom. The molecule has 0 unspecified atom stereocenters. The summed E-state index contributed by atoms with van der Waals surface area (Å²) < 4.78 is 19.8. The van der Waals surface area contributed by atoms with E-state index in [2.05, 4.69) is 25.7 Å². The van der Waals surface area contributed by atoms with E-state index < -0.39 is 0 Å². The van der Waals surface area contributed by atoms with Crippen LogP contribution in [-0.2, 0) is 17.9 Å². The number of carbonyl (C=O) groups is 1.